The van der Waals surface area contributed by atoms with E-state index in [9.17, 15) is 17.6 Å². The number of ether oxygens (including phenoxy) is 1. The second kappa shape index (κ2) is 5.76. The molecular formula is C8H10BrF4N3O. The van der Waals surface area contributed by atoms with Gasteiger partial charge in [-0.05, 0) is 0 Å². The number of hydrogen-bond acceptors (Lipinski definition) is 3. The van der Waals surface area contributed by atoms with Crippen molar-refractivity contribution in [1.82, 2.24) is 14.8 Å². The van der Waals surface area contributed by atoms with Crippen LogP contribution in [0.25, 0.3) is 0 Å². The molecule has 0 spiro atoms. The maximum atomic E-state index is 13.2. The topological polar surface area (TPSA) is 39.9 Å². The highest BCUT2D eigenvalue weighted by molar-refractivity contribution is 9.08. The summed E-state index contributed by atoms with van der Waals surface area (Å²) in [5.74, 6) is -5.21. The SMILES string of the molecule is COCCn1c(CBr)nnc1C(F)(F)C(F)F. The molecule has 0 unspecified atom stereocenters. The van der Waals surface area contributed by atoms with Crippen molar-refractivity contribution in [2.75, 3.05) is 13.7 Å². The van der Waals surface area contributed by atoms with Gasteiger partial charge in [0.2, 0.25) is 5.82 Å². The third-order valence-electron chi connectivity index (χ3n) is 2.04. The van der Waals surface area contributed by atoms with E-state index in [0.29, 0.717) is 0 Å². The van der Waals surface area contributed by atoms with Gasteiger partial charge in [-0.1, -0.05) is 15.9 Å². The first-order valence-electron chi connectivity index (χ1n) is 4.58. The van der Waals surface area contributed by atoms with Crippen LogP contribution in [0.1, 0.15) is 11.6 Å². The van der Waals surface area contributed by atoms with E-state index in [-0.39, 0.29) is 24.3 Å². The molecule has 0 saturated heterocycles. The van der Waals surface area contributed by atoms with Crippen molar-refractivity contribution in [3.63, 3.8) is 0 Å². The molecule has 98 valence electrons. The summed E-state index contributed by atoms with van der Waals surface area (Å²) in [4.78, 5) is 0. The van der Waals surface area contributed by atoms with Crippen LogP contribution in [0.4, 0.5) is 17.6 Å². The molecule has 17 heavy (non-hydrogen) atoms. The number of alkyl halides is 5. The Morgan fingerprint density at radius 2 is 2.06 bits per heavy atom. The Hall–Kier alpha value is -0.700. The van der Waals surface area contributed by atoms with Crippen molar-refractivity contribution in [2.24, 2.45) is 0 Å². The molecule has 1 aromatic heterocycles. The first-order chi connectivity index (χ1) is 7.95. The third-order valence-corrected chi connectivity index (χ3v) is 2.54. The van der Waals surface area contributed by atoms with Crippen LogP contribution in [-0.4, -0.2) is 34.9 Å². The van der Waals surface area contributed by atoms with Gasteiger partial charge in [-0.15, -0.1) is 10.2 Å². The number of rotatable bonds is 6. The molecule has 1 heterocycles. The summed E-state index contributed by atoms with van der Waals surface area (Å²) < 4.78 is 56.5. The predicted molar refractivity (Wildman–Crippen MR) is 54.4 cm³/mol. The monoisotopic (exact) mass is 319 g/mol. The van der Waals surface area contributed by atoms with Gasteiger partial charge in [-0.2, -0.15) is 8.78 Å². The molecular weight excluding hydrogens is 310 g/mol. The number of nitrogens with zero attached hydrogens (tertiary/aromatic N) is 3. The van der Waals surface area contributed by atoms with Gasteiger partial charge >= 0.3 is 12.3 Å². The molecule has 0 aliphatic heterocycles. The summed E-state index contributed by atoms with van der Waals surface area (Å²) in [6.07, 6.45) is -3.82. The maximum Gasteiger partial charge on any atom is 0.365 e. The van der Waals surface area contributed by atoms with E-state index < -0.39 is 18.2 Å². The fourth-order valence-electron chi connectivity index (χ4n) is 1.20. The van der Waals surface area contributed by atoms with E-state index in [1.807, 2.05) is 0 Å². The van der Waals surface area contributed by atoms with Gasteiger partial charge in [-0.3, -0.25) is 0 Å². The van der Waals surface area contributed by atoms with Crippen LogP contribution in [0.3, 0.4) is 0 Å². The predicted octanol–water partition coefficient (Wildman–Crippen LogP) is 2.18. The Morgan fingerprint density at radius 3 is 2.53 bits per heavy atom. The van der Waals surface area contributed by atoms with Crippen LogP contribution in [0.15, 0.2) is 0 Å². The molecule has 0 amide bonds. The van der Waals surface area contributed by atoms with Crippen LogP contribution in [0.5, 0.6) is 0 Å². The van der Waals surface area contributed by atoms with E-state index >= 15 is 0 Å². The molecule has 0 saturated carbocycles. The second-order valence-corrected chi connectivity index (χ2v) is 3.70. The Balaban J connectivity index is 3.10. The van der Waals surface area contributed by atoms with E-state index in [1.165, 1.54) is 7.11 Å². The van der Waals surface area contributed by atoms with Crippen LogP contribution in [0.2, 0.25) is 0 Å². The summed E-state index contributed by atoms with van der Waals surface area (Å²) in [6.45, 7) is 0.0897. The van der Waals surface area contributed by atoms with Crippen LogP contribution in [-0.2, 0) is 22.5 Å². The standard InChI is InChI=1S/C8H10BrF4N3O/c1-17-3-2-16-5(4-9)14-15-7(16)8(12,13)6(10)11/h6H,2-4H2,1H3. The van der Waals surface area contributed by atoms with Gasteiger partial charge in [0.05, 0.1) is 11.9 Å². The molecule has 1 aromatic rings. The molecule has 4 nitrogen and oxygen atoms in total. The first kappa shape index (κ1) is 14.4. The maximum absolute atomic E-state index is 13.2. The molecule has 0 N–H and O–H groups in total. The highest BCUT2D eigenvalue weighted by Gasteiger charge is 2.47. The number of halogens is 5. The lowest BCUT2D eigenvalue weighted by atomic mass is 10.3. The van der Waals surface area contributed by atoms with Gasteiger partial charge in [-0.25, -0.2) is 8.78 Å². The third kappa shape index (κ3) is 2.95. The number of aromatic nitrogens is 3. The highest BCUT2D eigenvalue weighted by atomic mass is 79.9. The van der Waals surface area contributed by atoms with Gasteiger partial charge < -0.3 is 9.30 Å². The summed E-state index contributed by atoms with van der Waals surface area (Å²) in [7, 11) is 1.38. The number of methoxy groups -OCH3 is 1. The minimum atomic E-state index is -4.32. The molecule has 9 heteroatoms. The fraction of sp³-hybridized carbons (Fsp3) is 0.750. The Kier molecular flexibility index (Phi) is 4.87. The average molecular weight is 320 g/mol. The normalized spacial score (nSPS) is 12.4. The zero-order valence-electron chi connectivity index (χ0n) is 8.84. The largest absolute Gasteiger partial charge is 0.383 e. The van der Waals surface area contributed by atoms with Gasteiger partial charge in [0, 0.05) is 13.7 Å². The first-order valence-corrected chi connectivity index (χ1v) is 5.70. The van der Waals surface area contributed by atoms with Crippen molar-refractivity contribution in [1.29, 1.82) is 0 Å². The van der Waals surface area contributed by atoms with Crippen LogP contribution < -0.4 is 0 Å². The Labute approximate surface area is 103 Å². The summed E-state index contributed by atoms with van der Waals surface area (Å²) in [5.41, 5.74) is 0. The molecule has 0 aromatic carbocycles. The van der Waals surface area contributed by atoms with E-state index in [4.69, 9.17) is 4.74 Å². The van der Waals surface area contributed by atoms with E-state index in [0.717, 1.165) is 4.57 Å². The van der Waals surface area contributed by atoms with Crippen molar-refractivity contribution in [3.8, 4) is 0 Å². The molecule has 0 aliphatic carbocycles. The Bertz CT molecular complexity index is 372. The molecule has 0 bridgehead atoms. The van der Waals surface area contributed by atoms with Crippen LogP contribution >= 0.6 is 15.9 Å². The summed E-state index contributed by atoms with van der Waals surface area (Å²) in [6, 6.07) is 0. The van der Waals surface area contributed by atoms with Crippen molar-refractivity contribution in [3.05, 3.63) is 11.6 Å². The summed E-state index contributed by atoms with van der Waals surface area (Å²) in [5, 5.41) is 6.71. The van der Waals surface area contributed by atoms with Gasteiger partial charge in [0.1, 0.15) is 5.82 Å². The molecule has 0 radical (unpaired) electrons. The van der Waals surface area contributed by atoms with Gasteiger partial charge in [0.15, 0.2) is 0 Å². The minimum absolute atomic E-state index is 0.0118. The highest BCUT2D eigenvalue weighted by Crippen LogP contribution is 2.33. The average Bonchev–Trinajstić information content (AvgIpc) is 2.69. The minimum Gasteiger partial charge on any atom is -0.383 e. The smallest absolute Gasteiger partial charge is 0.365 e. The fourth-order valence-corrected chi connectivity index (χ4v) is 1.61. The lowest BCUT2D eigenvalue weighted by Gasteiger charge is -2.16. The lowest BCUT2D eigenvalue weighted by molar-refractivity contribution is -0.143. The van der Waals surface area contributed by atoms with Crippen LogP contribution in [0, 0.1) is 0 Å². The van der Waals surface area contributed by atoms with Crippen molar-refractivity contribution in [2.45, 2.75) is 24.2 Å². The van der Waals surface area contributed by atoms with Crippen molar-refractivity contribution >= 4 is 15.9 Å². The van der Waals surface area contributed by atoms with E-state index in [2.05, 4.69) is 26.1 Å². The molecule has 0 atom stereocenters. The lowest BCUT2D eigenvalue weighted by Crippen LogP contribution is -2.29. The quantitative estimate of drug-likeness (QED) is 0.596. The molecule has 0 aliphatic rings. The van der Waals surface area contributed by atoms with Crippen molar-refractivity contribution < 1.29 is 22.3 Å². The second-order valence-electron chi connectivity index (χ2n) is 3.14. The Morgan fingerprint density at radius 1 is 1.41 bits per heavy atom. The van der Waals surface area contributed by atoms with E-state index in [1.54, 1.807) is 0 Å². The number of hydrogen-bond donors (Lipinski definition) is 0. The molecule has 0 fully saturated rings. The zero-order valence-corrected chi connectivity index (χ0v) is 10.4. The molecule has 1 rings (SSSR count). The zero-order chi connectivity index (χ0) is 13.1. The summed E-state index contributed by atoms with van der Waals surface area (Å²) >= 11 is 3.02. The van der Waals surface area contributed by atoms with Gasteiger partial charge in [0.25, 0.3) is 0 Å².